The molecule has 64 valence electrons. The first kappa shape index (κ1) is 10.7. The van der Waals surface area contributed by atoms with Crippen LogP contribution in [0.25, 0.3) is 0 Å². The average Bonchev–Trinajstić information content (AvgIpc) is 1.87. The maximum absolute atomic E-state index is 8.42. The van der Waals surface area contributed by atoms with E-state index < -0.39 is 8.24 Å². The van der Waals surface area contributed by atoms with Crippen molar-refractivity contribution in [2.75, 3.05) is 13.1 Å². The fourth-order valence-electron chi connectivity index (χ4n) is 1.15. The zero-order chi connectivity index (χ0) is 8.91. The van der Waals surface area contributed by atoms with Gasteiger partial charge in [0.05, 0.1) is 6.07 Å². The van der Waals surface area contributed by atoms with Crippen LogP contribution in [0.1, 0.15) is 13.3 Å². The normalized spacial score (nSPS) is 11.6. The van der Waals surface area contributed by atoms with Crippen LogP contribution in [0.4, 0.5) is 0 Å². The largest absolute Gasteiger partial charge is 0.323 e. The van der Waals surface area contributed by atoms with Gasteiger partial charge in [0.1, 0.15) is 8.24 Å². The van der Waals surface area contributed by atoms with Crippen molar-refractivity contribution in [2.45, 2.75) is 33.0 Å². The van der Waals surface area contributed by atoms with E-state index in [1.54, 1.807) is 0 Å². The minimum Gasteiger partial charge on any atom is -0.323 e. The Morgan fingerprint density at radius 1 is 1.36 bits per heavy atom. The third-order valence-corrected chi connectivity index (χ3v) is 4.26. The fraction of sp³-hybridized carbons (Fsp3) is 0.875. The zero-order valence-corrected chi connectivity index (χ0v) is 9.02. The van der Waals surface area contributed by atoms with Crippen molar-refractivity contribution in [3.05, 3.63) is 0 Å². The minimum absolute atomic E-state index is 0.665. The second kappa shape index (κ2) is 4.53. The van der Waals surface area contributed by atoms with Gasteiger partial charge in [-0.3, -0.25) is 0 Å². The van der Waals surface area contributed by atoms with Crippen LogP contribution in [0.15, 0.2) is 0 Å². The molecule has 0 aromatic carbocycles. The first-order valence-corrected chi connectivity index (χ1v) is 7.59. The van der Waals surface area contributed by atoms with Crippen molar-refractivity contribution < 1.29 is 0 Å². The number of hydrogen-bond donors (Lipinski definition) is 0. The Morgan fingerprint density at radius 2 is 1.91 bits per heavy atom. The van der Waals surface area contributed by atoms with Crippen molar-refractivity contribution in [3.63, 3.8) is 0 Å². The Kier molecular flexibility index (Phi) is 4.39. The van der Waals surface area contributed by atoms with Gasteiger partial charge in [-0.15, -0.1) is 0 Å². The maximum Gasteiger partial charge on any atom is 0.119 e. The van der Waals surface area contributed by atoms with Crippen molar-refractivity contribution in [2.24, 2.45) is 0 Å². The van der Waals surface area contributed by atoms with E-state index in [2.05, 4.69) is 37.2 Å². The van der Waals surface area contributed by atoms with Crippen LogP contribution in [0.5, 0.6) is 0 Å². The average molecular weight is 170 g/mol. The molecule has 0 fully saturated rings. The summed E-state index contributed by atoms with van der Waals surface area (Å²) in [6.45, 7) is 11.1. The number of hydrogen-bond acceptors (Lipinski definition) is 2. The highest BCUT2D eigenvalue weighted by Gasteiger charge is 2.21. The maximum atomic E-state index is 8.42. The lowest BCUT2D eigenvalue weighted by Crippen LogP contribution is -2.46. The molecule has 2 nitrogen and oxygen atoms in total. The monoisotopic (exact) mass is 170 g/mol. The molecule has 0 amide bonds. The molecule has 0 saturated carbocycles. The van der Waals surface area contributed by atoms with Crippen LogP contribution >= 0.6 is 0 Å². The predicted molar refractivity (Wildman–Crippen MR) is 50.8 cm³/mol. The van der Waals surface area contributed by atoms with Gasteiger partial charge in [0.15, 0.2) is 0 Å². The first-order chi connectivity index (χ1) is 5.02. The summed E-state index contributed by atoms with van der Waals surface area (Å²) in [6, 6.07) is 2.19. The van der Waals surface area contributed by atoms with Crippen LogP contribution < -0.4 is 0 Å². The Morgan fingerprint density at radius 3 is 2.18 bits per heavy atom. The van der Waals surface area contributed by atoms with Crippen LogP contribution in [-0.4, -0.2) is 25.9 Å². The van der Waals surface area contributed by atoms with E-state index >= 15 is 0 Å². The molecule has 0 saturated heterocycles. The molecule has 11 heavy (non-hydrogen) atoms. The quantitative estimate of drug-likeness (QED) is 0.604. The molecule has 0 bridgehead atoms. The number of nitrogens with zero attached hydrogens (tertiary/aromatic N) is 2. The fourth-order valence-corrected chi connectivity index (χ4v) is 2.88. The van der Waals surface area contributed by atoms with E-state index in [-0.39, 0.29) is 0 Å². The standard InChI is InChI=1S/C8H18N2Si/c1-5-10(8-6-7-9)11(2,3)4/h5-6,8H2,1-4H3. The first-order valence-electron chi connectivity index (χ1n) is 4.14. The van der Waals surface area contributed by atoms with E-state index in [1.165, 1.54) is 0 Å². The van der Waals surface area contributed by atoms with Gasteiger partial charge in [-0.1, -0.05) is 26.6 Å². The molecule has 0 heterocycles. The summed E-state index contributed by atoms with van der Waals surface area (Å²) >= 11 is 0. The molecule has 0 unspecified atom stereocenters. The Labute approximate surface area is 70.9 Å². The molecule has 0 aliphatic rings. The van der Waals surface area contributed by atoms with Crippen molar-refractivity contribution in [3.8, 4) is 6.07 Å². The SMILES string of the molecule is CCN(CCC#N)[Si](C)(C)C. The highest BCUT2D eigenvalue weighted by molar-refractivity contribution is 6.73. The van der Waals surface area contributed by atoms with Gasteiger partial charge in [0.25, 0.3) is 0 Å². The Bertz CT molecular complexity index is 143. The Hall–Kier alpha value is -0.333. The molecule has 0 N–H and O–H groups in total. The van der Waals surface area contributed by atoms with E-state index in [4.69, 9.17) is 5.26 Å². The van der Waals surface area contributed by atoms with Gasteiger partial charge in [-0.25, -0.2) is 0 Å². The summed E-state index contributed by atoms with van der Waals surface area (Å²) in [5.74, 6) is 0. The molecule has 0 aliphatic carbocycles. The summed E-state index contributed by atoms with van der Waals surface area (Å²) in [5, 5.41) is 8.42. The molecular formula is C8H18N2Si. The van der Waals surface area contributed by atoms with E-state index in [0.717, 1.165) is 13.1 Å². The highest BCUT2D eigenvalue weighted by Crippen LogP contribution is 2.08. The van der Waals surface area contributed by atoms with Crippen molar-refractivity contribution >= 4 is 8.24 Å². The Balaban J connectivity index is 3.88. The molecule has 0 spiro atoms. The van der Waals surface area contributed by atoms with Crippen molar-refractivity contribution in [1.29, 1.82) is 5.26 Å². The third kappa shape index (κ3) is 4.17. The van der Waals surface area contributed by atoms with Crippen LogP contribution in [0.2, 0.25) is 19.6 Å². The summed E-state index contributed by atoms with van der Waals surface area (Å²) in [6.07, 6.45) is 0.665. The zero-order valence-electron chi connectivity index (χ0n) is 8.02. The van der Waals surface area contributed by atoms with Gasteiger partial charge < -0.3 is 4.57 Å². The van der Waals surface area contributed by atoms with Gasteiger partial charge in [0, 0.05) is 13.0 Å². The summed E-state index contributed by atoms with van der Waals surface area (Å²) in [7, 11) is -1.14. The van der Waals surface area contributed by atoms with Crippen LogP contribution in [0, 0.1) is 11.3 Å². The van der Waals surface area contributed by atoms with Crippen molar-refractivity contribution in [1.82, 2.24) is 4.57 Å². The molecule has 0 atom stereocenters. The summed E-state index contributed by atoms with van der Waals surface area (Å²) in [5.41, 5.74) is 0. The molecule has 0 rings (SSSR count). The lowest BCUT2D eigenvalue weighted by atomic mass is 10.5. The lowest BCUT2D eigenvalue weighted by molar-refractivity contribution is 0.455. The van der Waals surface area contributed by atoms with E-state index in [0.29, 0.717) is 6.42 Å². The van der Waals surface area contributed by atoms with Gasteiger partial charge in [-0.2, -0.15) is 5.26 Å². The second-order valence-corrected chi connectivity index (χ2v) is 8.63. The summed E-state index contributed by atoms with van der Waals surface area (Å²) in [4.78, 5) is 0. The second-order valence-electron chi connectivity index (χ2n) is 3.66. The smallest absolute Gasteiger partial charge is 0.119 e. The van der Waals surface area contributed by atoms with Gasteiger partial charge >= 0.3 is 0 Å². The minimum atomic E-state index is -1.14. The number of rotatable bonds is 4. The third-order valence-electron chi connectivity index (χ3n) is 1.82. The van der Waals surface area contributed by atoms with Crippen LogP contribution in [-0.2, 0) is 0 Å². The molecule has 0 aromatic heterocycles. The number of nitriles is 1. The van der Waals surface area contributed by atoms with Gasteiger partial charge in [-0.05, 0) is 6.54 Å². The molecular weight excluding hydrogens is 152 g/mol. The molecule has 0 aliphatic heterocycles. The van der Waals surface area contributed by atoms with E-state index in [1.807, 2.05) is 0 Å². The molecule has 0 aromatic rings. The lowest BCUT2D eigenvalue weighted by Gasteiger charge is -2.32. The summed E-state index contributed by atoms with van der Waals surface area (Å²) < 4.78 is 2.44. The molecule has 0 radical (unpaired) electrons. The highest BCUT2D eigenvalue weighted by atomic mass is 28.3. The van der Waals surface area contributed by atoms with Gasteiger partial charge in [0.2, 0.25) is 0 Å². The topological polar surface area (TPSA) is 27.0 Å². The van der Waals surface area contributed by atoms with E-state index in [9.17, 15) is 0 Å². The predicted octanol–water partition coefficient (Wildman–Crippen LogP) is 2.06. The molecule has 3 heteroatoms. The van der Waals surface area contributed by atoms with Crippen LogP contribution in [0.3, 0.4) is 0 Å².